The molecule has 0 spiro atoms. The van der Waals surface area contributed by atoms with E-state index in [0.29, 0.717) is 4.90 Å². The largest absolute Gasteiger partial charge is 0.378 e. The Morgan fingerprint density at radius 2 is 1.65 bits per heavy atom. The molecule has 5 atom stereocenters. The summed E-state index contributed by atoms with van der Waals surface area (Å²) in [6.45, 7) is 0. The molecule has 4 nitrogen and oxygen atoms in total. The number of halogens is 1. The Morgan fingerprint density at radius 1 is 0.912 bits per heavy atom. The van der Waals surface area contributed by atoms with Gasteiger partial charge < -0.3 is 5.32 Å². The van der Waals surface area contributed by atoms with Crippen molar-refractivity contribution < 1.29 is 4.92 Å². The second-order valence-corrected chi connectivity index (χ2v) is 10.8. The van der Waals surface area contributed by atoms with E-state index in [2.05, 4.69) is 66.0 Å². The second-order valence-electron chi connectivity index (χ2n) is 9.03. The Hall–Kier alpha value is -3.02. The van der Waals surface area contributed by atoms with Crippen LogP contribution in [0.15, 0.2) is 95.9 Å². The summed E-state index contributed by atoms with van der Waals surface area (Å²) in [5.41, 5.74) is 3.81. The number of hydrogen-bond donors (Lipinski definition) is 1. The summed E-state index contributed by atoms with van der Waals surface area (Å²) in [4.78, 5) is 12.0. The lowest BCUT2D eigenvalue weighted by Gasteiger charge is -2.39. The van der Waals surface area contributed by atoms with E-state index in [1.807, 2.05) is 18.2 Å². The van der Waals surface area contributed by atoms with E-state index >= 15 is 0 Å². The standard InChI is InChI=1S/C28H23ClN2O2S/c29-27-24(34-23-13-7-6-12-22(23)31(32)33)16-20-26(27)25-19-11-5-4-8-17(19)14-15-21(25)30-28(20)18-9-2-1-3-10-18/h1-15,20,24,26-28,30H,16H2/t20-,24+,26+,27+,28+/m1/s1. The number of anilines is 1. The van der Waals surface area contributed by atoms with Crippen molar-refractivity contribution in [1.82, 2.24) is 0 Å². The van der Waals surface area contributed by atoms with Gasteiger partial charge in [-0.25, -0.2) is 0 Å². The molecule has 6 rings (SSSR count). The van der Waals surface area contributed by atoms with Crippen molar-refractivity contribution in [2.75, 3.05) is 5.32 Å². The summed E-state index contributed by atoms with van der Waals surface area (Å²) >= 11 is 8.85. The van der Waals surface area contributed by atoms with Gasteiger partial charge in [0.1, 0.15) is 0 Å². The lowest BCUT2D eigenvalue weighted by Crippen LogP contribution is -2.31. The molecule has 1 aliphatic carbocycles. The summed E-state index contributed by atoms with van der Waals surface area (Å²) in [7, 11) is 0. The van der Waals surface area contributed by atoms with E-state index in [1.165, 1.54) is 21.9 Å². The quantitative estimate of drug-likeness (QED) is 0.182. The van der Waals surface area contributed by atoms with Crippen molar-refractivity contribution in [2.24, 2.45) is 5.92 Å². The van der Waals surface area contributed by atoms with Gasteiger partial charge in [0, 0.05) is 22.9 Å². The van der Waals surface area contributed by atoms with Crippen LogP contribution in [0.5, 0.6) is 0 Å². The Labute approximate surface area is 207 Å². The Kier molecular flexibility index (Phi) is 5.47. The Morgan fingerprint density at radius 3 is 2.47 bits per heavy atom. The van der Waals surface area contributed by atoms with Crippen LogP contribution in [0.25, 0.3) is 10.8 Å². The molecule has 0 radical (unpaired) electrons. The number of nitro groups is 1. The number of nitrogens with zero attached hydrogens (tertiary/aromatic N) is 1. The number of para-hydroxylation sites is 1. The van der Waals surface area contributed by atoms with Crippen LogP contribution in [0, 0.1) is 16.0 Å². The Bertz CT molecular complexity index is 1380. The van der Waals surface area contributed by atoms with Crippen LogP contribution >= 0.6 is 23.4 Å². The van der Waals surface area contributed by atoms with Gasteiger partial charge in [0.05, 0.1) is 21.2 Å². The molecule has 0 amide bonds. The number of benzene rings is 4. The van der Waals surface area contributed by atoms with Gasteiger partial charge >= 0.3 is 0 Å². The predicted octanol–water partition coefficient (Wildman–Crippen LogP) is 7.79. The van der Waals surface area contributed by atoms with Crippen molar-refractivity contribution in [3.8, 4) is 0 Å². The zero-order valence-electron chi connectivity index (χ0n) is 18.3. The number of nitro benzene ring substituents is 1. The normalized spacial score (nSPS) is 25.4. The monoisotopic (exact) mass is 486 g/mol. The molecule has 1 heterocycles. The van der Waals surface area contributed by atoms with Crippen LogP contribution in [-0.4, -0.2) is 15.6 Å². The first-order valence-electron chi connectivity index (χ1n) is 11.5. The average molecular weight is 487 g/mol. The molecule has 1 aliphatic heterocycles. The molecule has 34 heavy (non-hydrogen) atoms. The fraction of sp³-hybridized carbons (Fsp3) is 0.214. The molecule has 0 bridgehead atoms. The van der Waals surface area contributed by atoms with Crippen LogP contribution in [0.1, 0.15) is 29.5 Å². The third-order valence-electron chi connectivity index (χ3n) is 7.21. The first-order chi connectivity index (χ1) is 16.6. The van der Waals surface area contributed by atoms with Crippen LogP contribution in [0.4, 0.5) is 11.4 Å². The first-order valence-corrected chi connectivity index (χ1v) is 12.8. The number of alkyl halides is 1. The molecule has 1 fully saturated rings. The van der Waals surface area contributed by atoms with Crippen molar-refractivity contribution >= 4 is 45.5 Å². The van der Waals surface area contributed by atoms with Gasteiger partial charge in [0.2, 0.25) is 0 Å². The van der Waals surface area contributed by atoms with Crippen molar-refractivity contribution in [2.45, 2.75) is 33.9 Å². The van der Waals surface area contributed by atoms with Crippen molar-refractivity contribution in [1.29, 1.82) is 0 Å². The molecule has 170 valence electrons. The first kappa shape index (κ1) is 21.5. The maximum absolute atomic E-state index is 11.6. The zero-order valence-corrected chi connectivity index (χ0v) is 19.9. The highest BCUT2D eigenvalue weighted by Crippen LogP contribution is 2.59. The summed E-state index contributed by atoms with van der Waals surface area (Å²) in [6, 6.07) is 30.5. The predicted molar refractivity (Wildman–Crippen MR) is 140 cm³/mol. The molecule has 4 aromatic rings. The molecule has 0 unspecified atom stereocenters. The molecule has 1 N–H and O–H groups in total. The lowest BCUT2D eigenvalue weighted by atomic mass is 9.75. The number of nitrogens with one attached hydrogen (secondary N) is 1. The van der Waals surface area contributed by atoms with Crippen molar-refractivity contribution in [3.63, 3.8) is 0 Å². The van der Waals surface area contributed by atoms with Crippen LogP contribution in [0.2, 0.25) is 0 Å². The van der Waals surface area contributed by atoms with Gasteiger partial charge in [-0.1, -0.05) is 72.8 Å². The summed E-state index contributed by atoms with van der Waals surface area (Å²) < 4.78 is 0. The maximum Gasteiger partial charge on any atom is 0.282 e. The molecule has 2 aliphatic rings. The second kappa shape index (κ2) is 8.64. The van der Waals surface area contributed by atoms with Gasteiger partial charge in [-0.2, -0.15) is 0 Å². The van der Waals surface area contributed by atoms with E-state index in [9.17, 15) is 10.1 Å². The van der Waals surface area contributed by atoms with Crippen LogP contribution in [-0.2, 0) is 0 Å². The molecular formula is C28H23ClN2O2S. The van der Waals surface area contributed by atoms with Gasteiger partial charge in [-0.05, 0) is 46.4 Å². The highest BCUT2D eigenvalue weighted by atomic mass is 35.5. The molecule has 0 saturated heterocycles. The van der Waals surface area contributed by atoms with E-state index in [4.69, 9.17) is 11.6 Å². The third kappa shape index (κ3) is 3.55. The minimum absolute atomic E-state index is 0.0655. The molecule has 6 heteroatoms. The van der Waals surface area contributed by atoms with Crippen molar-refractivity contribution in [3.05, 3.63) is 112 Å². The lowest BCUT2D eigenvalue weighted by molar-refractivity contribution is -0.387. The zero-order chi connectivity index (χ0) is 23.2. The van der Waals surface area contributed by atoms with E-state index in [1.54, 1.807) is 23.9 Å². The Balaban J connectivity index is 1.46. The number of rotatable bonds is 4. The van der Waals surface area contributed by atoms with Gasteiger partial charge in [-0.15, -0.1) is 23.4 Å². The fourth-order valence-corrected chi connectivity index (χ4v) is 7.69. The number of hydrogen-bond acceptors (Lipinski definition) is 4. The summed E-state index contributed by atoms with van der Waals surface area (Å²) in [6.07, 6.45) is 0.880. The van der Waals surface area contributed by atoms with E-state index in [0.717, 1.165) is 12.1 Å². The highest BCUT2D eigenvalue weighted by Gasteiger charge is 2.50. The summed E-state index contributed by atoms with van der Waals surface area (Å²) in [5.74, 6) is 0.429. The van der Waals surface area contributed by atoms with E-state index < -0.39 is 0 Å². The third-order valence-corrected chi connectivity index (χ3v) is 9.32. The minimum atomic E-state index is -0.301. The molecule has 4 aromatic carbocycles. The van der Waals surface area contributed by atoms with Gasteiger partial charge in [0.25, 0.3) is 5.69 Å². The smallest absolute Gasteiger partial charge is 0.282 e. The minimum Gasteiger partial charge on any atom is -0.378 e. The van der Waals surface area contributed by atoms with Gasteiger partial charge in [-0.3, -0.25) is 10.1 Å². The van der Waals surface area contributed by atoms with Crippen LogP contribution in [0.3, 0.4) is 0 Å². The summed E-state index contributed by atoms with van der Waals surface area (Å²) in [5, 5.41) is 17.8. The average Bonchev–Trinajstić information content (AvgIpc) is 3.19. The number of thioether (sulfide) groups is 1. The molecular weight excluding hydrogens is 464 g/mol. The molecule has 1 saturated carbocycles. The molecule has 0 aromatic heterocycles. The topological polar surface area (TPSA) is 55.2 Å². The SMILES string of the molecule is O=[N+]([O-])c1ccccc1S[C@H]1C[C@@H]2[C@@H](c3c(ccc4ccccc34)N[C@H]2c2ccccc2)[C@H]1Cl. The maximum atomic E-state index is 11.6. The van der Waals surface area contributed by atoms with E-state index in [-0.39, 0.29) is 39.1 Å². The van der Waals surface area contributed by atoms with Gasteiger partial charge in [0.15, 0.2) is 0 Å². The van der Waals surface area contributed by atoms with Crippen LogP contribution < -0.4 is 5.32 Å². The number of fused-ring (bicyclic) bond motifs is 5. The fourth-order valence-electron chi connectivity index (χ4n) is 5.76. The highest BCUT2D eigenvalue weighted by molar-refractivity contribution is 8.00.